The second-order valence-corrected chi connectivity index (χ2v) is 5.91. The summed E-state index contributed by atoms with van der Waals surface area (Å²) in [5, 5.41) is 0. The fraction of sp³-hybridized carbons (Fsp3) is 0.688. The van der Waals surface area contributed by atoms with E-state index in [1.165, 1.54) is 5.57 Å². The van der Waals surface area contributed by atoms with Gasteiger partial charge in [0.1, 0.15) is 0 Å². The van der Waals surface area contributed by atoms with E-state index in [4.69, 9.17) is 4.74 Å². The van der Waals surface area contributed by atoms with Gasteiger partial charge < -0.3 is 4.74 Å². The Morgan fingerprint density at radius 2 is 1.94 bits per heavy atom. The molecule has 2 aliphatic rings. The standard InChI is InChI=1S/C14H21NO.C2H6/c1-13(2,3)14(4)8-7-11-6-5-9-16-12(11)15-10-14;1-2/h7-8,10H,5-6,9H2,1-4H3;1-2H3. The van der Waals surface area contributed by atoms with Crippen molar-refractivity contribution in [2.45, 2.75) is 54.4 Å². The van der Waals surface area contributed by atoms with E-state index < -0.39 is 0 Å². The molecule has 0 saturated heterocycles. The van der Waals surface area contributed by atoms with Gasteiger partial charge in [0.2, 0.25) is 5.88 Å². The van der Waals surface area contributed by atoms with Gasteiger partial charge in [-0.25, -0.2) is 4.99 Å². The van der Waals surface area contributed by atoms with Gasteiger partial charge in [-0.1, -0.05) is 53.7 Å². The van der Waals surface area contributed by atoms with E-state index in [9.17, 15) is 0 Å². The molecule has 2 nitrogen and oxygen atoms in total. The van der Waals surface area contributed by atoms with E-state index in [-0.39, 0.29) is 10.8 Å². The molecule has 0 aliphatic carbocycles. The minimum Gasteiger partial charge on any atom is -0.477 e. The molecule has 2 heteroatoms. The number of ether oxygens (including phenoxy) is 1. The fourth-order valence-corrected chi connectivity index (χ4v) is 1.86. The maximum absolute atomic E-state index is 5.60. The molecule has 0 N–H and O–H groups in total. The van der Waals surface area contributed by atoms with Gasteiger partial charge in [-0.15, -0.1) is 0 Å². The Labute approximate surface area is 112 Å². The normalized spacial score (nSPS) is 26.8. The van der Waals surface area contributed by atoms with Crippen LogP contribution in [0.25, 0.3) is 0 Å². The number of allylic oxidation sites excluding steroid dienone is 3. The minimum atomic E-state index is -0.00625. The van der Waals surface area contributed by atoms with Crippen LogP contribution in [0.1, 0.15) is 54.4 Å². The van der Waals surface area contributed by atoms with Crippen molar-refractivity contribution in [2.24, 2.45) is 15.8 Å². The van der Waals surface area contributed by atoms with Gasteiger partial charge in [0, 0.05) is 17.2 Å². The van der Waals surface area contributed by atoms with Crippen LogP contribution in [-0.4, -0.2) is 12.8 Å². The topological polar surface area (TPSA) is 21.6 Å². The van der Waals surface area contributed by atoms with Crippen molar-refractivity contribution >= 4 is 6.21 Å². The van der Waals surface area contributed by atoms with Gasteiger partial charge in [0.25, 0.3) is 0 Å². The van der Waals surface area contributed by atoms with Crippen molar-refractivity contribution in [2.75, 3.05) is 6.61 Å². The molecule has 2 heterocycles. The highest BCUT2D eigenvalue weighted by Gasteiger charge is 2.35. The Hall–Kier alpha value is -1.05. The molecule has 0 bridgehead atoms. The average Bonchev–Trinajstić information content (AvgIpc) is 2.53. The molecule has 0 fully saturated rings. The molecular weight excluding hydrogens is 222 g/mol. The zero-order valence-corrected chi connectivity index (χ0v) is 12.7. The minimum absolute atomic E-state index is 0.00625. The Morgan fingerprint density at radius 3 is 2.56 bits per heavy atom. The van der Waals surface area contributed by atoms with Crippen LogP contribution in [0.15, 0.2) is 28.6 Å². The first-order chi connectivity index (χ1) is 8.42. The predicted octanol–water partition coefficient (Wildman–Crippen LogP) is 4.73. The van der Waals surface area contributed by atoms with Crippen LogP contribution in [0, 0.1) is 10.8 Å². The van der Waals surface area contributed by atoms with Crippen LogP contribution in [0.5, 0.6) is 0 Å². The molecule has 2 rings (SSSR count). The van der Waals surface area contributed by atoms with Gasteiger partial charge in [-0.3, -0.25) is 0 Å². The SMILES string of the molecule is CC.CC(C)(C)C1(C)C=CC2=C(N=C1)OCCC2. The van der Waals surface area contributed by atoms with Crippen molar-refractivity contribution in [1.82, 2.24) is 0 Å². The van der Waals surface area contributed by atoms with E-state index in [0.29, 0.717) is 0 Å². The molecule has 0 spiro atoms. The van der Waals surface area contributed by atoms with Gasteiger partial charge in [0.15, 0.2) is 0 Å². The lowest BCUT2D eigenvalue weighted by Crippen LogP contribution is -2.32. The predicted molar refractivity (Wildman–Crippen MR) is 78.8 cm³/mol. The third-order valence-corrected chi connectivity index (χ3v) is 3.80. The molecule has 0 radical (unpaired) electrons. The summed E-state index contributed by atoms with van der Waals surface area (Å²) in [7, 11) is 0. The highest BCUT2D eigenvalue weighted by Crippen LogP contribution is 2.40. The summed E-state index contributed by atoms with van der Waals surface area (Å²) in [6, 6.07) is 0. The van der Waals surface area contributed by atoms with Gasteiger partial charge >= 0.3 is 0 Å². The Kier molecular flexibility index (Phi) is 4.78. The first-order valence-corrected chi connectivity index (χ1v) is 7.03. The number of nitrogens with zero attached hydrogens (tertiary/aromatic N) is 1. The second kappa shape index (κ2) is 5.73. The van der Waals surface area contributed by atoms with Crippen LogP contribution < -0.4 is 0 Å². The molecule has 2 aliphatic heterocycles. The highest BCUT2D eigenvalue weighted by molar-refractivity contribution is 5.71. The molecule has 0 aromatic rings. The molecule has 0 aromatic carbocycles. The smallest absolute Gasteiger partial charge is 0.216 e. The summed E-state index contributed by atoms with van der Waals surface area (Å²) in [6.45, 7) is 13.8. The van der Waals surface area contributed by atoms with Gasteiger partial charge in [-0.05, 0) is 18.3 Å². The van der Waals surface area contributed by atoms with Gasteiger partial charge in [-0.2, -0.15) is 0 Å². The third-order valence-electron chi connectivity index (χ3n) is 3.80. The molecule has 1 atom stereocenters. The van der Waals surface area contributed by atoms with Gasteiger partial charge in [0.05, 0.1) is 6.61 Å². The second-order valence-electron chi connectivity index (χ2n) is 5.91. The van der Waals surface area contributed by atoms with Crippen LogP contribution in [-0.2, 0) is 4.74 Å². The lowest BCUT2D eigenvalue weighted by Gasteiger charge is -2.35. The van der Waals surface area contributed by atoms with Crippen LogP contribution >= 0.6 is 0 Å². The van der Waals surface area contributed by atoms with E-state index in [2.05, 4.69) is 44.8 Å². The Balaban J connectivity index is 0.000000771. The van der Waals surface area contributed by atoms with Crippen molar-refractivity contribution in [3.8, 4) is 0 Å². The quantitative estimate of drug-likeness (QED) is 0.608. The molecule has 0 amide bonds. The van der Waals surface area contributed by atoms with Crippen LogP contribution in [0.2, 0.25) is 0 Å². The van der Waals surface area contributed by atoms with Crippen LogP contribution in [0.3, 0.4) is 0 Å². The maximum atomic E-state index is 5.60. The first-order valence-electron chi connectivity index (χ1n) is 7.03. The van der Waals surface area contributed by atoms with Crippen LogP contribution in [0.4, 0.5) is 0 Å². The Morgan fingerprint density at radius 1 is 1.28 bits per heavy atom. The van der Waals surface area contributed by atoms with Crippen molar-refractivity contribution in [3.05, 3.63) is 23.6 Å². The van der Waals surface area contributed by atoms with E-state index >= 15 is 0 Å². The third kappa shape index (κ3) is 3.04. The van der Waals surface area contributed by atoms with Crippen molar-refractivity contribution in [1.29, 1.82) is 0 Å². The largest absolute Gasteiger partial charge is 0.477 e. The summed E-state index contributed by atoms with van der Waals surface area (Å²) >= 11 is 0. The monoisotopic (exact) mass is 249 g/mol. The molecule has 102 valence electrons. The molecule has 1 unspecified atom stereocenters. The lowest BCUT2D eigenvalue weighted by molar-refractivity contribution is 0.187. The fourth-order valence-electron chi connectivity index (χ4n) is 1.86. The molecular formula is C16H27NO. The molecule has 0 saturated carbocycles. The van der Waals surface area contributed by atoms with E-state index in [1.807, 2.05) is 20.1 Å². The van der Waals surface area contributed by atoms with E-state index in [0.717, 1.165) is 25.3 Å². The summed E-state index contributed by atoms with van der Waals surface area (Å²) in [5.74, 6) is 0.829. The summed E-state index contributed by atoms with van der Waals surface area (Å²) in [4.78, 5) is 4.53. The number of hydrogen-bond acceptors (Lipinski definition) is 2. The zero-order valence-electron chi connectivity index (χ0n) is 12.7. The number of hydrogen-bond donors (Lipinski definition) is 0. The molecule has 18 heavy (non-hydrogen) atoms. The maximum Gasteiger partial charge on any atom is 0.216 e. The summed E-state index contributed by atoms with van der Waals surface area (Å²) < 4.78 is 5.60. The Bertz CT molecular complexity index is 343. The number of rotatable bonds is 0. The van der Waals surface area contributed by atoms with Crippen molar-refractivity contribution < 1.29 is 4.74 Å². The zero-order chi connectivity index (χ0) is 13.8. The summed E-state index contributed by atoms with van der Waals surface area (Å²) in [6.07, 6.45) is 8.70. The first kappa shape index (κ1) is 15.0. The van der Waals surface area contributed by atoms with Crippen molar-refractivity contribution in [3.63, 3.8) is 0 Å². The number of aliphatic imine (C=N–C) groups is 1. The van der Waals surface area contributed by atoms with E-state index in [1.54, 1.807) is 0 Å². The lowest BCUT2D eigenvalue weighted by atomic mass is 9.68. The average molecular weight is 249 g/mol. The summed E-state index contributed by atoms with van der Waals surface area (Å²) in [5.41, 5.74) is 1.41. The molecule has 0 aromatic heterocycles. The highest BCUT2D eigenvalue weighted by atomic mass is 16.5.